The van der Waals surface area contributed by atoms with Gasteiger partial charge in [0.1, 0.15) is 12.4 Å². The van der Waals surface area contributed by atoms with Crippen LogP contribution in [0.4, 0.5) is 5.69 Å². The van der Waals surface area contributed by atoms with Crippen molar-refractivity contribution >= 4 is 58.7 Å². The maximum atomic E-state index is 14.0. The van der Waals surface area contributed by atoms with Crippen LogP contribution in [-0.4, -0.2) is 70.7 Å². The van der Waals surface area contributed by atoms with Gasteiger partial charge in [0.25, 0.3) is 0 Å². The first-order valence-corrected chi connectivity index (χ1v) is 16.9. The van der Waals surface area contributed by atoms with Crippen LogP contribution in [0, 0.1) is 21.3 Å². The number of fused-ring (bicyclic) bond motifs is 1. The van der Waals surface area contributed by atoms with Crippen LogP contribution in [0.15, 0.2) is 83.4 Å². The molecule has 0 spiro atoms. The van der Waals surface area contributed by atoms with Gasteiger partial charge >= 0.3 is 7.12 Å². The molecule has 0 unspecified atom stereocenters. The molecule has 1 saturated heterocycles. The molecule has 48 heavy (non-hydrogen) atoms. The summed E-state index contributed by atoms with van der Waals surface area (Å²) in [5.41, 5.74) is 3.40. The number of hydrogen-bond acceptors (Lipinski definition) is 9. The molecule has 1 heterocycles. The number of phenolic OH excluding ortho intramolecular Hbond substituents is 1. The molecule has 12 heteroatoms. The Kier molecular flexibility index (Phi) is 11.6. The Balaban J connectivity index is 1.46. The van der Waals surface area contributed by atoms with Gasteiger partial charge in [-0.1, -0.05) is 48.9 Å². The van der Waals surface area contributed by atoms with Crippen LogP contribution in [-0.2, 0) is 9.59 Å². The van der Waals surface area contributed by atoms with E-state index in [-0.39, 0.29) is 29.9 Å². The lowest BCUT2D eigenvalue weighted by molar-refractivity contribution is -0.123. The number of halogens is 1. The second-order valence-electron chi connectivity index (χ2n) is 12.0. The number of anilines is 1. The summed E-state index contributed by atoms with van der Waals surface area (Å²) >= 11 is 2.05. The van der Waals surface area contributed by atoms with Crippen molar-refractivity contribution in [1.82, 2.24) is 0 Å². The van der Waals surface area contributed by atoms with Crippen LogP contribution < -0.4 is 19.8 Å². The highest BCUT2D eigenvalue weighted by Crippen LogP contribution is 2.47. The number of nitrogens with zero attached hydrogens (tertiary/aromatic N) is 1. The van der Waals surface area contributed by atoms with Crippen molar-refractivity contribution < 1.29 is 44.4 Å². The Bertz CT molecular complexity index is 1710. The van der Waals surface area contributed by atoms with Crippen molar-refractivity contribution in [2.45, 2.75) is 38.7 Å². The van der Waals surface area contributed by atoms with E-state index in [0.29, 0.717) is 45.5 Å². The molecule has 0 radical (unpaired) electrons. The Morgan fingerprint density at radius 1 is 1.08 bits per heavy atom. The summed E-state index contributed by atoms with van der Waals surface area (Å²) in [6, 6.07) is 18.7. The van der Waals surface area contributed by atoms with Gasteiger partial charge in [-0.15, -0.1) is 0 Å². The summed E-state index contributed by atoms with van der Waals surface area (Å²) in [7, 11) is -0.287. The Labute approximate surface area is 293 Å². The van der Waals surface area contributed by atoms with E-state index in [1.165, 1.54) is 25.3 Å². The number of phenols is 1. The predicted molar refractivity (Wildman–Crippen MR) is 191 cm³/mol. The second-order valence-corrected chi connectivity index (χ2v) is 13.2. The lowest BCUT2D eigenvalue weighted by Crippen LogP contribution is -2.40. The van der Waals surface area contributed by atoms with Gasteiger partial charge in [0.2, 0.25) is 11.8 Å². The Morgan fingerprint density at radius 2 is 1.83 bits per heavy atom. The van der Waals surface area contributed by atoms with E-state index >= 15 is 0 Å². The smallest absolute Gasteiger partial charge is 0.488 e. The number of methoxy groups -OCH3 is 1. The van der Waals surface area contributed by atoms with Crippen LogP contribution in [0.1, 0.15) is 38.2 Å². The summed E-state index contributed by atoms with van der Waals surface area (Å²) < 4.78 is 12.0. The van der Waals surface area contributed by atoms with Crippen LogP contribution in [0.5, 0.6) is 17.2 Å². The minimum atomic E-state index is -1.78. The third-order valence-corrected chi connectivity index (χ3v) is 9.98. The Morgan fingerprint density at radius 3 is 2.50 bits per heavy atom. The fourth-order valence-electron chi connectivity index (χ4n) is 6.76. The second kappa shape index (κ2) is 15.7. The van der Waals surface area contributed by atoms with Gasteiger partial charge in [0, 0.05) is 5.92 Å². The molecule has 3 aromatic rings. The van der Waals surface area contributed by atoms with E-state index < -0.39 is 49.4 Å². The van der Waals surface area contributed by atoms with E-state index in [2.05, 4.69) is 0 Å². The van der Waals surface area contributed by atoms with Gasteiger partial charge < -0.3 is 34.8 Å². The first kappa shape index (κ1) is 35.6. The van der Waals surface area contributed by atoms with Crippen LogP contribution in [0.25, 0.3) is 6.08 Å². The topological polar surface area (TPSA) is 157 Å². The minimum Gasteiger partial charge on any atom is -0.504 e. The summed E-state index contributed by atoms with van der Waals surface area (Å²) in [6.07, 6.45) is 2.63. The molecule has 0 bridgehead atoms. The van der Waals surface area contributed by atoms with Gasteiger partial charge in [-0.05, 0) is 107 Å². The standard InChI is InChI=1S/C36H39BINO9/c1-3-21(14-22-15-29(38)34(42)31(16-22)47-2)12-13-30(41)32-23(20-48-26-10-5-4-6-11-26)17-27-33(28(32)19-40)36(44)39(35(27)43)25-9-7-8-24(18-25)37(45)46/h4-11,14-16,18,27-28,30,33,40-42,45-46H,3,12-13,17,19-20H2,1-2H3/b21-14+/t27-,28+,30-,33-/m1/s1. The number of aliphatic hydroxyl groups excluding tert-OH is 2. The molecule has 2 aliphatic rings. The van der Waals surface area contributed by atoms with Crippen LogP contribution in [0.3, 0.4) is 0 Å². The van der Waals surface area contributed by atoms with Crippen LogP contribution >= 0.6 is 22.6 Å². The van der Waals surface area contributed by atoms with Crippen LogP contribution in [0.2, 0.25) is 0 Å². The average Bonchev–Trinajstić information content (AvgIpc) is 3.35. The third-order valence-electron chi connectivity index (χ3n) is 9.16. The molecule has 1 fully saturated rings. The van der Waals surface area contributed by atoms with Crippen molar-refractivity contribution in [3.63, 3.8) is 0 Å². The largest absolute Gasteiger partial charge is 0.504 e. The molecule has 5 rings (SSSR count). The Hall–Kier alpha value is -3.69. The number of imide groups is 1. The van der Waals surface area contributed by atoms with Crippen molar-refractivity contribution in [2.24, 2.45) is 17.8 Å². The van der Waals surface area contributed by atoms with Crippen molar-refractivity contribution in [3.05, 3.63) is 92.6 Å². The number of aromatic hydroxyl groups is 1. The molecule has 3 aromatic carbocycles. The molecule has 252 valence electrons. The predicted octanol–water partition coefficient (Wildman–Crippen LogP) is 3.81. The fraction of sp³-hybridized carbons (Fsp3) is 0.333. The number of allylic oxidation sites excluding steroid dienone is 1. The molecule has 10 nitrogen and oxygen atoms in total. The fourth-order valence-corrected chi connectivity index (χ4v) is 7.38. The zero-order valence-electron chi connectivity index (χ0n) is 26.8. The number of ether oxygens (including phenoxy) is 2. The quantitative estimate of drug-likeness (QED) is 0.0756. The zero-order valence-corrected chi connectivity index (χ0v) is 28.9. The maximum Gasteiger partial charge on any atom is 0.488 e. The van der Waals surface area contributed by atoms with E-state index in [1.54, 1.807) is 24.3 Å². The first-order valence-electron chi connectivity index (χ1n) is 15.9. The number of benzene rings is 3. The highest BCUT2D eigenvalue weighted by molar-refractivity contribution is 14.1. The van der Waals surface area contributed by atoms with E-state index in [9.17, 15) is 35.0 Å². The van der Waals surface area contributed by atoms with E-state index in [1.807, 2.05) is 59.9 Å². The molecule has 0 saturated carbocycles. The average molecular weight is 767 g/mol. The maximum absolute atomic E-state index is 14.0. The lowest BCUT2D eigenvalue weighted by Gasteiger charge is -2.36. The molecule has 1 aliphatic heterocycles. The number of hydrogen-bond donors (Lipinski definition) is 5. The SMILES string of the molecule is CC/C(=C\c1cc(I)c(O)c(OC)c1)CC[C@@H](O)C1=C(COc2ccccc2)C[C@H]2C(=O)N(c3cccc(B(O)O)c3)C(=O)[C@H]2[C@H]1CO. The summed E-state index contributed by atoms with van der Waals surface area (Å²) in [4.78, 5) is 28.9. The summed E-state index contributed by atoms with van der Waals surface area (Å²) in [5.74, 6) is -2.46. The molecule has 1 aliphatic carbocycles. The highest BCUT2D eigenvalue weighted by Gasteiger charge is 2.55. The normalized spacial score (nSPS) is 20.2. The number of amides is 2. The number of para-hydroxylation sites is 1. The molecular formula is C36H39BINO9. The van der Waals surface area contributed by atoms with Gasteiger partial charge in [0.15, 0.2) is 11.5 Å². The zero-order chi connectivity index (χ0) is 34.5. The van der Waals surface area contributed by atoms with Crippen molar-refractivity contribution in [2.75, 3.05) is 25.2 Å². The molecule has 4 atom stereocenters. The number of aliphatic hydroxyl groups is 2. The number of rotatable bonds is 13. The number of carbonyl (C=O) groups is 2. The van der Waals surface area contributed by atoms with Gasteiger partial charge in [-0.2, -0.15) is 0 Å². The minimum absolute atomic E-state index is 0.0615. The molecule has 0 aromatic heterocycles. The monoisotopic (exact) mass is 767 g/mol. The number of carbonyl (C=O) groups excluding carboxylic acids is 2. The summed E-state index contributed by atoms with van der Waals surface area (Å²) in [5, 5.41) is 52.2. The summed E-state index contributed by atoms with van der Waals surface area (Å²) in [6.45, 7) is 1.61. The molecular weight excluding hydrogens is 728 g/mol. The molecule has 5 N–H and O–H groups in total. The molecule has 2 amide bonds. The van der Waals surface area contributed by atoms with Gasteiger partial charge in [-0.25, -0.2) is 0 Å². The van der Waals surface area contributed by atoms with E-state index in [4.69, 9.17) is 9.47 Å². The lowest BCUT2D eigenvalue weighted by atomic mass is 9.68. The van der Waals surface area contributed by atoms with E-state index in [0.717, 1.165) is 16.0 Å². The van der Waals surface area contributed by atoms with Crippen molar-refractivity contribution in [3.8, 4) is 17.2 Å². The van der Waals surface area contributed by atoms with Gasteiger partial charge in [-0.3, -0.25) is 14.5 Å². The third kappa shape index (κ3) is 7.47. The highest BCUT2D eigenvalue weighted by atomic mass is 127. The van der Waals surface area contributed by atoms with Crippen molar-refractivity contribution in [1.29, 1.82) is 0 Å². The first-order chi connectivity index (χ1) is 23.1. The van der Waals surface area contributed by atoms with Gasteiger partial charge in [0.05, 0.1) is 40.9 Å².